The number of rotatable bonds is 5. The first-order valence-electron chi connectivity index (χ1n) is 11.4. The van der Waals surface area contributed by atoms with Gasteiger partial charge in [0.1, 0.15) is 0 Å². The van der Waals surface area contributed by atoms with Crippen LogP contribution in [0, 0.1) is 5.41 Å². The van der Waals surface area contributed by atoms with E-state index in [2.05, 4.69) is 15.1 Å². The monoisotopic (exact) mass is 389 g/mol. The van der Waals surface area contributed by atoms with Crippen LogP contribution in [0.25, 0.3) is 0 Å². The zero-order valence-corrected chi connectivity index (χ0v) is 17.1. The van der Waals surface area contributed by atoms with E-state index in [1.807, 2.05) is 9.80 Å². The fraction of sp³-hybridized carbons (Fsp3) is 0.905. The smallest absolute Gasteiger partial charge is 0.230 e. The van der Waals surface area contributed by atoms with Gasteiger partial charge in [-0.1, -0.05) is 0 Å². The van der Waals surface area contributed by atoms with Crippen molar-refractivity contribution in [3.05, 3.63) is 0 Å². The van der Waals surface area contributed by atoms with Crippen LogP contribution < -0.4 is 5.32 Å². The predicted molar refractivity (Wildman–Crippen MR) is 107 cm³/mol. The summed E-state index contributed by atoms with van der Waals surface area (Å²) in [5, 5.41) is 3.37. The molecule has 3 aliphatic heterocycles. The Hall–Kier alpha value is -1.18. The highest BCUT2D eigenvalue weighted by atomic mass is 16.2. The molecule has 3 heterocycles. The maximum atomic E-state index is 13.5. The Morgan fingerprint density at radius 3 is 1.79 bits per heavy atom. The fourth-order valence-corrected chi connectivity index (χ4v) is 5.40. The van der Waals surface area contributed by atoms with Crippen molar-refractivity contribution in [2.75, 3.05) is 65.4 Å². The second-order valence-corrected chi connectivity index (χ2v) is 9.59. The average Bonchev–Trinajstić information content (AvgIpc) is 3.66. The molecule has 5 aliphatic rings. The molecular weight excluding hydrogens is 354 g/mol. The molecular formula is C21H35N5O2. The van der Waals surface area contributed by atoms with Gasteiger partial charge >= 0.3 is 0 Å². The summed E-state index contributed by atoms with van der Waals surface area (Å²) >= 11 is 0. The molecule has 2 aliphatic carbocycles. The van der Waals surface area contributed by atoms with Gasteiger partial charge in [-0.25, -0.2) is 0 Å². The summed E-state index contributed by atoms with van der Waals surface area (Å²) in [4.78, 5) is 35.7. The second kappa shape index (κ2) is 7.58. The van der Waals surface area contributed by atoms with E-state index in [1.165, 1.54) is 25.7 Å². The lowest BCUT2D eigenvalue weighted by Crippen LogP contribution is -2.56. The van der Waals surface area contributed by atoms with Crippen LogP contribution in [0.4, 0.5) is 0 Å². The summed E-state index contributed by atoms with van der Waals surface area (Å²) in [5.41, 5.74) is -0.521. The fourth-order valence-electron chi connectivity index (χ4n) is 5.40. The van der Waals surface area contributed by atoms with Gasteiger partial charge < -0.3 is 15.1 Å². The quantitative estimate of drug-likeness (QED) is 0.716. The molecule has 5 rings (SSSR count). The van der Waals surface area contributed by atoms with Gasteiger partial charge in [-0.15, -0.1) is 0 Å². The summed E-state index contributed by atoms with van der Waals surface area (Å²) in [6.45, 7) is 8.79. The highest BCUT2D eigenvalue weighted by Crippen LogP contribution is 2.35. The topological polar surface area (TPSA) is 59.1 Å². The van der Waals surface area contributed by atoms with Crippen molar-refractivity contribution in [3.63, 3.8) is 0 Å². The van der Waals surface area contributed by atoms with Gasteiger partial charge in [-0.2, -0.15) is 0 Å². The maximum absolute atomic E-state index is 13.5. The predicted octanol–water partition coefficient (Wildman–Crippen LogP) is -0.0306. The van der Waals surface area contributed by atoms with E-state index in [0.29, 0.717) is 13.0 Å². The van der Waals surface area contributed by atoms with E-state index >= 15 is 0 Å². The molecule has 0 radical (unpaired) electrons. The van der Waals surface area contributed by atoms with Crippen molar-refractivity contribution < 1.29 is 9.59 Å². The van der Waals surface area contributed by atoms with E-state index in [-0.39, 0.29) is 11.8 Å². The number of piperazine rings is 2. The summed E-state index contributed by atoms with van der Waals surface area (Å²) in [6.07, 6.45) is 6.47. The first kappa shape index (κ1) is 18.8. The first-order chi connectivity index (χ1) is 13.6. The molecule has 1 N–H and O–H groups in total. The van der Waals surface area contributed by atoms with Gasteiger partial charge in [0.05, 0.1) is 5.41 Å². The van der Waals surface area contributed by atoms with E-state index < -0.39 is 5.41 Å². The van der Waals surface area contributed by atoms with Gasteiger partial charge in [-0.05, 0) is 38.6 Å². The SMILES string of the molecule is O=C(CC1(C(=O)N2CCN(C3CC3)CC2)CCNC1)N1CCN(C2CC2)CC1. The third-order valence-electron chi connectivity index (χ3n) is 7.58. The number of hydrogen-bond donors (Lipinski definition) is 1. The number of hydrogen-bond acceptors (Lipinski definition) is 5. The number of amides is 2. The Morgan fingerprint density at radius 1 is 0.786 bits per heavy atom. The minimum atomic E-state index is -0.521. The number of nitrogens with one attached hydrogen (secondary N) is 1. The van der Waals surface area contributed by atoms with Crippen LogP contribution in [-0.4, -0.2) is 109 Å². The first-order valence-corrected chi connectivity index (χ1v) is 11.4. The van der Waals surface area contributed by atoms with Crippen LogP contribution in [0.5, 0.6) is 0 Å². The molecule has 0 bridgehead atoms. The zero-order valence-electron chi connectivity index (χ0n) is 17.1. The van der Waals surface area contributed by atoms with E-state index in [9.17, 15) is 9.59 Å². The van der Waals surface area contributed by atoms with Crippen molar-refractivity contribution in [2.24, 2.45) is 5.41 Å². The van der Waals surface area contributed by atoms with Crippen LogP contribution in [0.2, 0.25) is 0 Å². The molecule has 0 aromatic carbocycles. The highest BCUT2D eigenvalue weighted by molar-refractivity contribution is 5.89. The van der Waals surface area contributed by atoms with Crippen molar-refractivity contribution in [1.29, 1.82) is 0 Å². The van der Waals surface area contributed by atoms with Crippen LogP contribution >= 0.6 is 0 Å². The molecule has 1 atom stereocenters. The average molecular weight is 390 g/mol. The molecule has 0 aromatic heterocycles. The summed E-state index contributed by atoms with van der Waals surface area (Å²) in [7, 11) is 0. The molecule has 156 valence electrons. The standard InChI is InChI=1S/C21H35N5O2/c27-19(25-11-7-23(8-12-25)17-1-2-17)15-21(5-6-22-16-21)20(28)26-13-9-24(10-14-26)18-3-4-18/h17-18,22H,1-16H2. The molecule has 2 amide bonds. The number of nitrogens with zero attached hydrogens (tertiary/aromatic N) is 4. The van der Waals surface area contributed by atoms with Crippen molar-refractivity contribution in [1.82, 2.24) is 24.9 Å². The number of carbonyl (C=O) groups excluding carboxylic acids is 2. The van der Waals surface area contributed by atoms with Crippen molar-refractivity contribution >= 4 is 11.8 Å². The molecule has 0 aromatic rings. The lowest BCUT2D eigenvalue weighted by Gasteiger charge is -2.41. The molecule has 7 nitrogen and oxygen atoms in total. The van der Waals surface area contributed by atoms with Gasteiger partial charge in [-0.3, -0.25) is 19.4 Å². The lowest BCUT2D eigenvalue weighted by atomic mass is 9.81. The summed E-state index contributed by atoms with van der Waals surface area (Å²) < 4.78 is 0. The van der Waals surface area contributed by atoms with Gasteiger partial charge in [0, 0.05) is 77.4 Å². The van der Waals surface area contributed by atoms with Gasteiger partial charge in [0.25, 0.3) is 0 Å². The maximum Gasteiger partial charge on any atom is 0.230 e. The Labute approximate surface area is 168 Å². The van der Waals surface area contributed by atoms with Crippen LogP contribution in [-0.2, 0) is 9.59 Å². The van der Waals surface area contributed by atoms with Crippen molar-refractivity contribution in [3.8, 4) is 0 Å². The minimum Gasteiger partial charge on any atom is -0.340 e. The highest BCUT2D eigenvalue weighted by Gasteiger charge is 2.47. The molecule has 5 fully saturated rings. The van der Waals surface area contributed by atoms with Crippen LogP contribution in [0.15, 0.2) is 0 Å². The van der Waals surface area contributed by atoms with Crippen LogP contribution in [0.1, 0.15) is 38.5 Å². The van der Waals surface area contributed by atoms with Gasteiger partial charge in [0.15, 0.2) is 0 Å². The number of carbonyl (C=O) groups is 2. The molecule has 7 heteroatoms. The van der Waals surface area contributed by atoms with E-state index in [0.717, 1.165) is 77.4 Å². The molecule has 1 unspecified atom stereocenters. The van der Waals surface area contributed by atoms with E-state index in [1.54, 1.807) is 0 Å². The van der Waals surface area contributed by atoms with Crippen molar-refractivity contribution in [2.45, 2.75) is 50.6 Å². The van der Waals surface area contributed by atoms with Gasteiger partial charge in [0.2, 0.25) is 11.8 Å². The summed E-state index contributed by atoms with van der Waals surface area (Å²) in [5.74, 6) is 0.405. The molecule has 3 saturated heterocycles. The van der Waals surface area contributed by atoms with E-state index in [4.69, 9.17) is 0 Å². The Balaban J connectivity index is 1.18. The largest absolute Gasteiger partial charge is 0.340 e. The molecule has 28 heavy (non-hydrogen) atoms. The Morgan fingerprint density at radius 2 is 1.32 bits per heavy atom. The minimum absolute atomic E-state index is 0.184. The lowest BCUT2D eigenvalue weighted by molar-refractivity contribution is -0.149. The third-order valence-corrected chi connectivity index (χ3v) is 7.58. The normalized spacial score (nSPS) is 32.7. The zero-order chi connectivity index (χ0) is 19.1. The van der Waals surface area contributed by atoms with Crippen LogP contribution in [0.3, 0.4) is 0 Å². The second-order valence-electron chi connectivity index (χ2n) is 9.59. The third kappa shape index (κ3) is 3.81. The molecule has 0 spiro atoms. The Kier molecular flexibility index (Phi) is 5.09. The Bertz CT molecular complexity index is 596. The molecule has 2 saturated carbocycles. The summed E-state index contributed by atoms with van der Waals surface area (Å²) in [6, 6.07) is 1.55.